The Morgan fingerprint density at radius 1 is 1.13 bits per heavy atom. The molecule has 5 rings (SSSR count). The van der Waals surface area contributed by atoms with Crippen LogP contribution in [0.4, 0.5) is 4.39 Å². The van der Waals surface area contributed by atoms with E-state index in [-0.39, 0.29) is 37.4 Å². The second kappa shape index (κ2) is 12.2. The van der Waals surface area contributed by atoms with Crippen molar-refractivity contribution in [3.63, 3.8) is 0 Å². The number of hydrogen-bond acceptors (Lipinski definition) is 7. The molecule has 2 aliphatic rings. The summed E-state index contributed by atoms with van der Waals surface area (Å²) in [6.07, 6.45) is 4.38. The van der Waals surface area contributed by atoms with Crippen molar-refractivity contribution in [1.29, 1.82) is 0 Å². The van der Waals surface area contributed by atoms with Crippen LogP contribution in [-0.2, 0) is 29.1 Å². The molecule has 11 heteroatoms. The van der Waals surface area contributed by atoms with E-state index >= 15 is 0 Å². The summed E-state index contributed by atoms with van der Waals surface area (Å²) in [5.74, 6) is 1.16. The third-order valence-corrected chi connectivity index (χ3v) is 6.84. The predicted molar refractivity (Wildman–Crippen MR) is 140 cm³/mol. The second-order valence-electron chi connectivity index (χ2n) is 9.74. The molecule has 1 saturated heterocycles. The first-order valence-electron chi connectivity index (χ1n) is 13.0. The highest BCUT2D eigenvalue weighted by atomic mass is 19.1. The molecular weight excluding hydrogens is 505 g/mol. The number of halogens is 1. The van der Waals surface area contributed by atoms with Crippen LogP contribution in [0.15, 0.2) is 48.8 Å². The van der Waals surface area contributed by atoms with Crippen LogP contribution < -0.4 is 24.8 Å². The maximum Gasteiger partial charge on any atom is 0.258 e. The number of imidazole rings is 1. The van der Waals surface area contributed by atoms with Gasteiger partial charge in [0, 0.05) is 44.5 Å². The van der Waals surface area contributed by atoms with Gasteiger partial charge in [-0.05, 0) is 48.2 Å². The number of benzene rings is 2. The van der Waals surface area contributed by atoms with Crippen LogP contribution in [0.2, 0.25) is 0 Å². The average Bonchev–Trinajstić information content (AvgIpc) is 3.43. The van der Waals surface area contributed by atoms with E-state index in [1.165, 1.54) is 19.2 Å². The molecule has 4 bridgehead atoms. The van der Waals surface area contributed by atoms with Crippen LogP contribution in [0.1, 0.15) is 29.8 Å². The van der Waals surface area contributed by atoms with Crippen LogP contribution in [0, 0.1) is 5.82 Å². The first-order chi connectivity index (χ1) is 18.9. The number of nitrogens with one attached hydrogen (secondary N) is 3. The minimum absolute atomic E-state index is 0.162. The number of H-pyrrole nitrogens is 1. The van der Waals surface area contributed by atoms with E-state index in [1.54, 1.807) is 30.6 Å². The summed E-state index contributed by atoms with van der Waals surface area (Å²) in [5.41, 5.74) is 1.46. The van der Waals surface area contributed by atoms with Crippen LogP contribution >= 0.6 is 0 Å². The van der Waals surface area contributed by atoms with Gasteiger partial charge >= 0.3 is 0 Å². The molecule has 3 heterocycles. The first kappa shape index (κ1) is 26.5. The maximum absolute atomic E-state index is 14.5. The Balaban J connectivity index is 1.39. The number of fused-ring (bicyclic) bond motifs is 5. The molecule has 39 heavy (non-hydrogen) atoms. The van der Waals surface area contributed by atoms with E-state index in [9.17, 15) is 14.0 Å². The standard InChI is InChI=1S/C28H32FN5O5/c1-37-24-4-2-18-3-5-27(35)32-14-19-10-20(29)13-21(11-19)39-23-6-9-34(16-26-30-7-8-31-26)15-22(23)33-28(36)17-38-25(24)12-18/h2,4,7-8,10-13,22-23H,3,5-6,9,14-17H2,1H3,(H,30,31)(H,32,35)(H,33,36)/t22-,23-/m1/s1. The summed E-state index contributed by atoms with van der Waals surface area (Å²) in [7, 11) is 1.53. The van der Waals surface area contributed by atoms with E-state index < -0.39 is 11.9 Å². The fourth-order valence-electron chi connectivity index (χ4n) is 4.91. The molecule has 10 nitrogen and oxygen atoms in total. The van der Waals surface area contributed by atoms with Crippen LogP contribution in [0.5, 0.6) is 17.2 Å². The van der Waals surface area contributed by atoms with Crippen LogP contribution in [0.25, 0.3) is 0 Å². The SMILES string of the molecule is COc1ccc2cc1OCC(=O)N[C@@H]1CN(Cc3ncc[nH]3)CC[C@H]1Oc1cc(F)cc(c1)CNC(=O)CC2. The number of hydrogen-bond donors (Lipinski definition) is 3. The van der Waals surface area contributed by atoms with E-state index in [1.807, 2.05) is 6.07 Å². The lowest BCUT2D eigenvalue weighted by Crippen LogP contribution is -2.57. The van der Waals surface area contributed by atoms with Gasteiger partial charge in [-0.1, -0.05) is 6.07 Å². The van der Waals surface area contributed by atoms with Gasteiger partial charge in [0.25, 0.3) is 5.91 Å². The van der Waals surface area contributed by atoms with Gasteiger partial charge < -0.3 is 29.8 Å². The zero-order chi connectivity index (χ0) is 27.2. The molecule has 206 valence electrons. The van der Waals surface area contributed by atoms with Crippen molar-refractivity contribution in [3.05, 3.63) is 71.6 Å². The number of aromatic nitrogens is 2. The number of nitrogens with zero attached hydrogens (tertiary/aromatic N) is 2. The highest BCUT2D eigenvalue weighted by Gasteiger charge is 2.33. The van der Waals surface area contributed by atoms with Crippen molar-refractivity contribution in [2.24, 2.45) is 0 Å². The molecule has 1 aromatic heterocycles. The largest absolute Gasteiger partial charge is 0.493 e. The summed E-state index contributed by atoms with van der Waals surface area (Å²) in [6, 6.07) is 9.42. The van der Waals surface area contributed by atoms with Gasteiger partial charge in [0.1, 0.15) is 23.5 Å². The second-order valence-corrected chi connectivity index (χ2v) is 9.74. The number of aryl methyl sites for hydroxylation is 1. The monoisotopic (exact) mass is 537 g/mol. The molecule has 3 N–H and O–H groups in total. The minimum Gasteiger partial charge on any atom is -0.493 e. The number of carbonyl (C=O) groups is 2. The van der Waals surface area contributed by atoms with Crippen molar-refractivity contribution in [2.75, 3.05) is 26.8 Å². The Labute approximate surface area is 225 Å². The zero-order valence-corrected chi connectivity index (χ0v) is 21.7. The topological polar surface area (TPSA) is 118 Å². The van der Waals surface area contributed by atoms with Crippen molar-refractivity contribution in [3.8, 4) is 17.2 Å². The van der Waals surface area contributed by atoms with Gasteiger partial charge in [0.15, 0.2) is 18.1 Å². The summed E-state index contributed by atoms with van der Waals surface area (Å²) in [6.45, 7) is 1.75. The Kier molecular flexibility index (Phi) is 8.26. The fraction of sp³-hybridized carbons (Fsp3) is 0.393. The lowest BCUT2D eigenvalue weighted by atomic mass is 10.0. The summed E-state index contributed by atoms with van der Waals surface area (Å²) >= 11 is 0. The molecule has 0 radical (unpaired) electrons. The molecule has 2 atom stereocenters. The molecule has 2 aromatic carbocycles. The highest BCUT2D eigenvalue weighted by Crippen LogP contribution is 2.29. The van der Waals surface area contributed by atoms with Crippen LogP contribution in [-0.4, -0.2) is 65.6 Å². The number of methoxy groups -OCH3 is 1. The molecule has 0 aliphatic carbocycles. The quantitative estimate of drug-likeness (QED) is 0.470. The number of amides is 2. The van der Waals surface area contributed by atoms with Gasteiger partial charge in [-0.25, -0.2) is 9.37 Å². The maximum atomic E-state index is 14.5. The fourth-order valence-corrected chi connectivity index (χ4v) is 4.91. The molecule has 3 aromatic rings. The minimum atomic E-state index is -0.457. The Morgan fingerprint density at radius 3 is 2.85 bits per heavy atom. The molecule has 0 spiro atoms. The Morgan fingerprint density at radius 2 is 2.03 bits per heavy atom. The molecular formula is C28H32FN5O5. The lowest BCUT2D eigenvalue weighted by Gasteiger charge is -2.38. The third kappa shape index (κ3) is 7.05. The van der Waals surface area contributed by atoms with Crippen molar-refractivity contribution in [2.45, 2.75) is 44.5 Å². The van der Waals surface area contributed by atoms with Crippen LogP contribution in [0.3, 0.4) is 0 Å². The summed E-state index contributed by atoms with van der Waals surface area (Å²) in [4.78, 5) is 35.1. The van der Waals surface area contributed by atoms with Gasteiger partial charge in [0.05, 0.1) is 19.7 Å². The van der Waals surface area contributed by atoms with Gasteiger partial charge in [0.2, 0.25) is 5.91 Å². The number of ether oxygens (including phenoxy) is 3. The average molecular weight is 538 g/mol. The Bertz CT molecular complexity index is 1300. The van der Waals surface area contributed by atoms with E-state index in [0.29, 0.717) is 55.3 Å². The number of carbonyl (C=O) groups excluding carboxylic acids is 2. The number of aromatic amines is 1. The third-order valence-electron chi connectivity index (χ3n) is 6.84. The molecule has 2 amide bonds. The van der Waals surface area contributed by atoms with Crippen molar-refractivity contribution in [1.82, 2.24) is 25.5 Å². The van der Waals surface area contributed by atoms with Crippen molar-refractivity contribution < 1.29 is 28.2 Å². The lowest BCUT2D eigenvalue weighted by molar-refractivity contribution is -0.125. The van der Waals surface area contributed by atoms with Gasteiger partial charge in [-0.15, -0.1) is 0 Å². The highest BCUT2D eigenvalue weighted by molar-refractivity contribution is 5.78. The van der Waals surface area contributed by atoms with E-state index in [0.717, 1.165) is 11.4 Å². The van der Waals surface area contributed by atoms with Crippen molar-refractivity contribution >= 4 is 11.8 Å². The smallest absolute Gasteiger partial charge is 0.258 e. The number of rotatable bonds is 3. The van der Waals surface area contributed by atoms with E-state index in [4.69, 9.17) is 14.2 Å². The van der Waals surface area contributed by atoms with E-state index in [2.05, 4.69) is 25.5 Å². The number of piperidine rings is 1. The number of likely N-dealkylation sites (tertiary alicyclic amines) is 1. The zero-order valence-electron chi connectivity index (χ0n) is 21.7. The predicted octanol–water partition coefficient (Wildman–Crippen LogP) is 2.34. The summed E-state index contributed by atoms with van der Waals surface area (Å²) in [5, 5.41) is 5.91. The van der Waals surface area contributed by atoms with Gasteiger partial charge in [-0.3, -0.25) is 14.5 Å². The molecule has 2 aliphatic heterocycles. The normalized spacial score (nSPS) is 20.8. The Hall–Kier alpha value is -4.12. The molecule has 0 saturated carbocycles. The van der Waals surface area contributed by atoms with Gasteiger partial charge in [-0.2, -0.15) is 0 Å². The first-order valence-corrected chi connectivity index (χ1v) is 13.0. The molecule has 1 fully saturated rings. The molecule has 0 unspecified atom stereocenters. The summed E-state index contributed by atoms with van der Waals surface area (Å²) < 4.78 is 31.9.